The van der Waals surface area contributed by atoms with Crippen LogP contribution in [0.3, 0.4) is 0 Å². The summed E-state index contributed by atoms with van der Waals surface area (Å²) in [6, 6.07) is 3.18. The Hall–Kier alpha value is -1.75. The molecule has 0 aliphatic rings. The maximum atomic E-state index is 13.4. The van der Waals surface area contributed by atoms with Crippen LogP contribution in [-0.4, -0.2) is 11.5 Å². The molecule has 1 aromatic heterocycles. The Kier molecular flexibility index (Phi) is 3.49. The molecule has 0 saturated carbocycles. The van der Waals surface area contributed by atoms with Gasteiger partial charge in [-0.15, -0.1) is 0 Å². The Labute approximate surface area is 97.5 Å². The van der Waals surface area contributed by atoms with Crippen molar-refractivity contribution in [2.24, 2.45) is 0 Å². The number of rotatable bonds is 4. The average molecular weight is 238 g/mol. The highest BCUT2D eigenvalue weighted by Gasteiger charge is 2.12. The van der Waals surface area contributed by atoms with Gasteiger partial charge in [0.25, 0.3) is 0 Å². The largest absolute Gasteiger partial charge is 0.444 e. The number of nitrogens with zero attached hydrogens (tertiary/aromatic N) is 1. The Morgan fingerprint density at radius 3 is 2.94 bits per heavy atom. The lowest BCUT2D eigenvalue weighted by Crippen LogP contribution is -2.11. The first-order chi connectivity index (χ1) is 8.20. The molecule has 90 valence electrons. The van der Waals surface area contributed by atoms with Crippen molar-refractivity contribution in [3.8, 4) is 11.5 Å². The van der Waals surface area contributed by atoms with Crippen LogP contribution in [0.4, 0.5) is 8.78 Å². The van der Waals surface area contributed by atoms with Crippen molar-refractivity contribution in [2.75, 3.05) is 6.54 Å². The van der Waals surface area contributed by atoms with Crippen molar-refractivity contribution in [3.05, 3.63) is 41.8 Å². The molecule has 0 saturated heterocycles. The van der Waals surface area contributed by atoms with E-state index < -0.39 is 11.6 Å². The summed E-state index contributed by atoms with van der Waals surface area (Å²) in [6.45, 7) is 3.31. The fourth-order valence-corrected chi connectivity index (χ4v) is 1.43. The predicted octanol–water partition coefficient (Wildman–Crippen LogP) is 2.73. The van der Waals surface area contributed by atoms with E-state index in [2.05, 4.69) is 10.3 Å². The van der Waals surface area contributed by atoms with Gasteiger partial charge in [-0.25, -0.2) is 13.8 Å². The molecule has 5 heteroatoms. The Balaban J connectivity index is 2.27. The molecule has 1 aromatic carbocycles. The van der Waals surface area contributed by atoms with Gasteiger partial charge in [-0.1, -0.05) is 6.92 Å². The minimum absolute atomic E-state index is 0.0350. The van der Waals surface area contributed by atoms with E-state index in [1.54, 1.807) is 0 Å². The van der Waals surface area contributed by atoms with Crippen molar-refractivity contribution in [1.82, 2.24) is 10.3 Å². The maximum absolute atomic E-state index is 13.4. The molecule has 0 aliphatic carbocycles. The van der Waals surface area contributed by atoms with Gasteiger partial charge in [0.05, 0.1) is 11.3 Å². The molecule has 1 N–H and O–H groups in total. The van der Waals surface area contributed by atoms with Crippen molar-refractivity contribution in [1.29, 1.82) is 0 Å². The summed E-state index contributed by atoms with van der Waals surface area (Å²) in [5, 5.41) is 3.07. The Bertz CT molecular complexity index is 511. The summed E-state index contributed by atoms with van der Waals surface area (Å²) in [7, 11) is 0. The Morgan fingerprint density at radius 2 is 2.18 bits per heavy atom. The van der Waals surface area contributed by atoms with Gasteiger partial charge in [0.2, 0.25) is 5.89 Å². The molecule has 2 rings (SSSR count). The van der Waals surface area contributed by atoms with E-state index in [0.717, 1.165) is 24.7 Å². The second kappa shape index (κ2) is 5.05. The molecule has 0 aliphatic heterocycles. The highest BCUT2D eigenvalue weighted by atomic mass is 19.1. The van der Waals surface area contributed by atoms with Crippen LogP contribution in [0.25, 0.3) is 11.5 Å². The topological polar surface area (TPSA) is 38.1 Å². The fraction of sp³-hybridized carbons (Fsp3) is 0.250. The molecule has 3 nitrogen and oxygen atoms in total. The van der Waals surface area contributed by atoms with E-state index in [9.17, 15) is 8.78 Å². The summed E-state index contributed by atoms with van der Waals surface area (Å²) in [4.78, 5) is 4.08. The summed E-state index contributed by atoms with van der Waals surface area (Å²) in [6.07, 6.45) is 1.43. The van der Waals surface area contributed by atoms with Gasteiger partial charge in [-0.2, -0.15) is 0 Å². The van der Waals surface area contributed by atoms with E-state index in [4.69, 9.17) is 4.42 Å². The first-order valence-corrected chi connectivity index (χ1v) is 5.31. The lowest BCUT2D eigenvalue weighted by Gasteiger charge is -1.98. The highest BCUT2D eigenvalue weighted by molar-refractivity contribution is 5.54. The van der Waals surface area contributed by atoms with Crippen LogP contribution in [0.1, 0.15) is 12.6 Å². The first kappa shape index (κ1) is 11.7. The quantitative estimate of drug-likeness (QED) is 0.890. The molecular weight excluding hydrogens is 226 g/mol. The third-order valence-electron chi connectivity index (χ3n) is 2.27. The van der Waals surface area contributed by atoms with Gasteiger partial charge in [0, 0.05) is 6.54 Å². The number of aromatic nitrogens is 1. The van der Waals surface area contributed by atoms with Crippen molar-refractivity contribution >= 4 is 0 Å². The summed E-state index contributed by atoms with van der Waals surface area (Å²) < 4.78 is 31.6. The van der Waals surface area contributed by atoms with E-state index in [0.29, 0.717) is 12.2 Å². The molecule has 17 heavy (non-hydrogen) atoms. The number of hydrogen-bond acceptors (Lipinski definition) is 3. The van der Waals surface area contributed by atoms with Crippen molar-refractivity contribution in [3.63, 3.8) is 0 Å². The van der Waals surface area contributed by atoms with Crippen molar-refractivity contribution in [2.45, 2.75) is 13.5 Å². The van der Waals surface area contributed by atoms with Gasteiger partial charge >= 0.3 is 0 Å². The second-order valence-corrected chi connectivity index (χ2v) is 3.55. The average Bonchev–Trinajstić information content (AvgIpc) is 2.78. The molecule has 2 aromatic rings. The van der Waals surface area contributed by atoms with Gasteiger partial charge in [0.1, 0.15) is 17.9 Å². The van der Waals surface area contributed by atoms with Gasteiger partial charge in [-0.3, -0.25) is 0 Å². The third-order valence-corrected chi connectivity index (χ3v) is 2.27. The minimum Gasteiger partial charge on any atom is -0.444 e. The molecular formula is C12H12F2N2O. The zero-order chi connectivity index (χ0) is 12.3. The standard InChI is InChI=1S/C12H12F2N2O/c1-2-15-6-9-7-17-12(16-9)10-5-8(13)3-4-11(10)14/h3-5,7,15H,2,6H2,1H3. The lowest BCUT2D eigenvalue weighted by atomic mass is 10.2. The van der Waals surface area contributed by atoms with Crippen molar-refractivity contribution < 1.29 is 13.2 Å². The zero-order valence-electron chi connectivity index (χ0n) is 9.34. The summed E-state index contributed by atoms with van der Waals surface area (Å²) in [5.74, 6) is -0.981. The van der Waals surface area contributed by atoms with E-state index in [-0.39, 0.29) is 11.5 Å². The maximum Gasteiger partial charge on any atom is 0.229 e. The second-order valence-electron chi connectivity index (χ2n) is 3.55. The molecule has 0 bridgehead atoms. The van der Waals surface area contributed by atoms with E-state index in [1.807, 2.05) is 6.92 Å². The third kappa shape index (κ3) is 2.68. The van der Waals surface area contributed by atoms with Crippen LogP contribution in [0.15, 0.2) is 28.9 Å². The number of oxazole rings is 1. The van der Waals surface area contributed by atoms with Crippen LogP contribution >= 0.6 is 0 Å². The predicted molar refractivity (Wildman–Crippen MR) is 59.2 cm³/mol. The van der Waals surface area contributed by atoms with Gasteiger partial charge in [0.15, 0.2) is 0 Å². The van der Waals surface area contributed by atoms with E-state index in [1.165, 1.54) is 6.26 Å². The fourth-order valence-electron chi connectivity index (χ4n) is 1.43. The van der Waals surface area contributed by atoms with Gasteiger partial charge in [-0.05, 0) is 24.7 Å². The number of hydrogen-bond donors (Lipinski definition) is 1. The molecule has 0 spiro atoms. The van der Waals surface area contributed by atoms with Crippen LogP contribution in [0.2, 0.25) is 0 Å². The van der Waals surface area contributed by atoms with E-state index >= 15 is 0 Å². The number of halogens is 2. The smallest absolute Gasteiger partial charge is 0.229 e. The molecule has 1 heterocycles. The lowest BCUT2D eigenvalue weighted by molar-refractivity contribution is 0.554. The summed E-state index contributed by atoms with van der Waals surface area (Å²) in [5.41, 5.74) is 0.693. The molecule has 0 amide bonds. The summed E-state index contributed by atoms with van der Waals surface area (Å²) >= 11 is 0. The normalized spacial score (nSPS) is 10.8. The van der Waals surface area contributed by atoms with Crippen LogP contribution in [0.5, 0.6) is 0 Å². The first-order valence-electron chi connectivity index (χ1n) is 5.31. The van der Waals surface area contributed by atoms with Crippen LogP contribution in [0, 0.1) is 11.6 Å². The number of nitrogens with one attached hydrogen (secondary N) is 1. The monoisotopic (exact) mass is 238 g/mol. The molecule has 0 radical (unpaired) electrons. The van der Waals surface area contributed by atoms with Crippen LogP contribution in [-0.2, 0) is 6.54 Å². The minimum atomic E-state index is -0.553. The zero-order valence-corrected chi connectivity index (χ0v) is 9.34. The molecule has 0 unspecified atom stereocenters. The number of benzene rings is 1. The Morgan fingerprint density at radius 1 is 1.35 bits per heavy atom. The van der Waals surface area contributed by atoms with Gasteiger partial charge < -0.3 is 9.73 Å². The molecule has 0 fully saturated rings. The highest BCUT2D eigenvalue weighted by Crippen LogP contribution is 2.22. The van der Waals surface area contributed by atoms with Crippen LogP contribution < -0.4 is 5.32 Å². The molecule has 0 atom stereocenters. The SMILES string of the molecule is CCNCc1coc(-c2cc(F)ccc2F)n1.